The van der Waals surface area contributed by atoms with E-state index >= 15 is 0 Å². The van der Waals surface area contributed by atoms with E-state index in [4.69, 9.17) is 0 Å². The zero-order valence-electron chi connectivity index (χ0n) is 15.2. The summed E-state index contributed by atoms with van der Waals surface area (Å²) in [6.07, 6.45) is 12.4. The van der Waals surface area contributed by atoms with Crippen LogP contribution in [-0.4, -0.2) is 18.0 Å². The molecule has 1 aliphatic carbocycles. The van der Waals surface area contributed by atoms with Gasteiger partial charge in [0.2, 0.25) is 0 Å². The lowest BCUT2D eigenvalue weighted by Gasteiger charge is -2.31. The molecular formula is C20H39N. The maximum absolute atomic E-state index is 4.36. The van der Waals surface area contributed by atoms with Crippen LogP contribution in [0.1, 0.15) is 85.5 Å². The first-order valence-corrected chi connectivity index (χ1v) is 9.49. The lowest BCUT2D eigenvalue weighted by atomic mass is 9.77. The number of hydrogen-bond donors (Lipinski definition) is 0. The molecule has 124 valence electrons. The Labute approximate surface area is 134 Å². The largest absolute Gasteiger partial charge is 0.375 e. The summed E-state index contributed by atoms with van der Waals surface area (Å²) >= 11 is 0. The molecule has 0 radical (unpaired) electrons. The van der Waals surface area contributed by atoms with E-state index in [9.17, 15) is 0 Å². The summed E-state index contributed by atoms with van der Waals surface area (Å²) in [5, 5.41) is 0. The highest BCUT2D eigenvalue weighted by atomic mass is 15.1. The van der Waals surface area contributed by atoms with Crippen molar-refractivity contribution in [1.82, 2.24) is 4.90 Å². The number of nitrogens with zero attached hydrogens (tertiary/aromatic N) is 1. The van der Waals surface area contributed by atoms with Crippen LogP contribution in [0.4, 0.5) is 0 Å². The van der Waals surface area contributed by atoms with Crippen LogP contribution >= 0.6 is 0 Å². The molecule has 1 aliphatic rings. The van der Waals surface area contributed by atoms with Crippen LogP contribution in [0.2, 0.25) is 0 Å². The molecule has 0 aromatic heterocycles. The first-order chi connectivity index (χ1) is 10.1. The lowest BCUT2D eigenvalue weighted by Crippen LogP contribution is -2.25. The number of allylic oxidation sites excluding steroid dienone is 1. The molecule has 0 N–H and O–H groups in total. The van der Waals surface area contributed by atoms with Gasteiger partial charge in [-0.3, -0.25) is 0 Å². The Balaban J connectivity index is 2.24. The molecule has 0 aromatic rings. The van der Waals surface area contributed by atoms with Crippen LogP contribution in [0, 0.1) is 17.8 Å². The van der Waals surface area contributed by atoms with E-state index in [1.807, 2.05) is 0 Å². The Hall–Kier alpha value is -0.460. The van der Waals surface area contributed by atoms with Gasteiger partial charge >= 0.3 is 0 Å². The van der Waals surface area contributed by atoms with Gasteiger partial charge in [-0.2, -0.15) is 0 Å². The second kappa shape index (κ2) is 10.3. The van der Waals surface area contributed by atoms with Crippen LogP contribution in [0.15, 0.2) is 12.3 Å². The fourth-order valence-electron chi connectivity index (χ4n) is 3.92. The minimum absolute atomic E-state index is 0.878. The topological polar surface area (TPSA) is 3.24 Å². The maximum Gasteiger partial charge on any atom is 0.0172 e. The molecule has 1 fully saturated rings. The van der Waals surface area contributed by atoms with Gasteiger partial charge in [0.1, 0.15) is 0 Å². The van der Waals surface area contributed by atoms with Crippen molar-refractivity contribution in [2.75, 3.05) is 13.1 Å². The van der Waals surface area contributed by atoms with Gasteiger partial charge in [0.05, 0.1) is 0 Å². The predicted octanol–water partition coefficient (Wildman–Crippen LogP) is 6.25. The highest BCUT2D eigenvalue weighted by molar-refractivity contribution is 4.94. The molecule has 0 atom stereocenters. The Morgan fingerprint density at radius 1 is 1.00 bits per heavy atom. The van der Waals surface area contributed by atoms with E-state index in [0.29, 0.717) is 0 Å². The molecular weight excluding hydrogens is 254 g/mol. The van der Waals surface area contributed by atoms with Crippen LogP contribution in [0.5, 0.6) is 0 Å². The molecule has 1 heteroatoms. The van der Waals surface area contributed by atoms with Crippen LogP contribution < -0.4 is 0 Å². The standard InChI is InChI=1S/C20H39N/c1-6-14-21(15-7-2)18(5)8-9-19-10-12-20(13-11-19)16-17(3)4/h17,19-20H,5-16H2,1-4H3. The normalized spacial score (nSPS) is 22.5. The average Bonchev–Trinajstić information content (AvgIpc) is 2.45. The molecule has 1 nitrogen and oxygen atoms in total. The van der Waals surface area contributed by atoms with Crippen LogP contribution in [0.25, 0.3) is 0 Å². The van der Waals surface area contributed by atoms with Gasteiger partial charge in [0.25, 0.3) is 0 Å². The molecule has 0 amide bonds. The smallest absolute Gasteiger partial charge is 0.0172 e. The van der Waals surface area contributed by atoms with E-state index < -0.39 is 0 Å². The zero-order chi connectivity index (χ0) is 15.7. The molecule has 1 saturated carbocycles. The van der Waals surface area contributed by atoms with Gasteiger partial charge < -0.3 is 4.90 Å². The van der Waals surface area contributed by atoms with E-state index in [1.54, 1.807) is 0 Å². The minimum Gasteiger partial charge on any atom is -0.375 e. The highest BCUT2D eigenvalue weighted by Crippen LogP contribution is 2.35. The van der Waals surface area contributed by atoms with Gasteiger partial charge in [-0.15, -0.1) is 0 Å². The van der Waals surface area contributed by atoms with Crippen molar-refractivity contribution >= 4 is 0 Å². The van der Waals surface area contributed by atoms with Crippen molar-refractivity contribution in [3.05, 3.63) is 12.3 Å². The first-order valence-electron chi connectivity index (χ1n) is 9.49. The minimum atomic E-state index is 0.878. The van der Waals surface area contributed by atoms with Crippen LogP contribution in [0.3, 0.4) is 0 Å². The first kappa shape index (κ1) is 18.6. The summed E-state index contributed by atoms with van der Waals surface area (Å²) in [7, 11) is 0. The Bertz CT molecular complexity index is 268. The van der Waals surface area contributed by atoms with Crippen molar-refractivity contribution in [3.8, 4) is 0 Å². The third-order valence-electron chi connectivity index (χ3n) is 5.05. The highest BCUT2D eigenvalue weighted by Gasteiger charge is 2.22. The third-order valence-corrected chi connectivity index (χ3v) is 5.05. The summed E-state index contributed by atoms with van der Waals surface area (Å²) < 4.78 is 0. The summed E-state index contributed by atoms with van der Waals surface area (Å²) in [6.45, 7) is 16.0. The van der Waals surface area contributed by atoms with Crippen molar-refractivity contribution in [2.45, 2.75) is 85.5 Å². The molecule has 0 heterocycles. The van der Waals surface area contributed by atoms with Crippen LogP contribution in [-0.2, 0) is 0 Å². The summed E-state index contributed by atoms with van der Waals surface area (Å²) in [6, 6.07) is 0. The Morgan fingerprint density at radius 3 is 2.00 bits per heavy atom. The van der Waals surface area contributed by atoms with Gasteiger partial charge in [0.15, 0.2) is 0 Å². The average molecular weight is 294 g/mol. The molecule has 0 bridgehead atoms. The summed E-state index contributed by atoms with van der Waals surface area (Å²) in [5.74, 6) is 2.86. The van der Waals surface area contributed by atoms with Crippen molar-refractivity contribution in [3.63, 3.8) is 0 Å². The molecule has 0 saturated heterocycles. The van der Waals surface area contributed by atoms with Crippen molar-refractivity contribution in [1.29, 1.82) is 0 Å². The third kappa shape index (κ3) is 7.38. The second-order valence-electron chi connectivity index (χ2n) is 7.61. The second-order valence-corrected chi connectivity index (χ2v) is 7.61. The molecule has 0 unspecified atom stereocenters. The van der Waals surface area contributed by atoms with E-state index in [0.717, 1.165) is 17.8 Å². The van der Waals surface area contributed by atoms with Gasteiger partial charge in [-0.1, -0.05) is 60.0 Å². The van der Waals surface area contributed by atoms with E-state index in [-0.39, 0.29) is 0 Å². The van der Waals surface area contributed by atoms with Gasteiger partial charge in [-0.25, -0.2) is 0 Å². The molecule has 21 heavy (non-hydrogen) atoms. The molecule has 0 aliphatic heterocycles. The fraction of sp³-hybridized carbons (Fsp3) is 0.900. The quantitative estimate of drug-likeness (QED) is 0.460. The van der Waals surface area contributed by atoms with Gasteiger partial charge in [0, 0.05) is 18.8 Å². The fourth-order valence-corrected chi connectivity index (χ4v) is 3.92. The van der Waals surface area contributed by atoms with Crippen molar-refractivity contribution < 1.29 is 0 Å². The zero-order valence-corrected chi connectivity index (χ0v) is 15.2. The molecule has 0 aromatic carbocycles. The van der Waals surface area contributed by atoms with Crippen molar-refractivity contribution in [2.24, 2.45) is 17.8 Å². The Kier molecular flexibility index (Phi) is 9.11. The summed E-state index contributed by atoms with van der Waals surface area (Å²) in [5.41, 5.74) is 1.39. The number of hydrogen-bond acceptors (Lipinski definition) is 1. The molecule has 1 rings (SSSR count). The van der Waals surface area contributed by atoms with E-state index in [1.165, 1.54) is 76.6 Å². The van der Waals surface area contributed by atoms with E-state index in [2.05, 4.69) is 39.2 Å². The summed E-state index contributed by atoms with van der Waals surface area (Å²) in [4.78, 5) is 2.52. The number of rotatable bonds is 10. The predicted molar refractivity (Wildman–Crippen MR) is 95.4 cm³/mol. The molecule has 0 spiro atoms. The maximum atomic E-state index is 4.36. The SMILES string of the molecule is C=C(CCC1CCC(CC(C)C)CC1)N(CCC)CCC. The monoisotopic (exact) mass is 293 g/mol. The van der Waals surface area contributed by atoms with Gasteiger partial charge in [-0.05, 0) is 49.9 Å². The lowest BCUT2D eigenvalue weighted by molar-refractivity contribution is 0.230. The Morgan fingerprint density at radius 2 is 1.52 bits per heavy atom.